The molecule has 1 atom stereocenters. The predicted molar refractivity (Wildman–Crippen MR) is 91.9 cm³/mol. The summed E-state index contributed by atoms with van der Waals surface area (Å²) >= 11 is 0. The van der Waals surface area contributed by atoms with Gasteiger partial charge in [0.2, 0.25) is 15.9 Å². The van der Waals surface area contributed by atoms with E-state index in [0.29, 0.717) is 5.69 Å². The van der Waals surface area contributed by atoms with Gasteiger partial charge in [-0.25, -0.2) is 21.6 Å². The van der Waals surface area contributed by atoms with Crippen LogP contribution in [0.5, 0.6) is 0 Å². The molecule has 7 nitrogen and oxygen atoms in total. The Morgan fingerprint density at radius 3 is 2.46 bits per heavy atom. The maximum atomic E-state index is 12.3. The molecule has 1 aromatic rings. The lowest BCUT2D eigenvalue weighted by Gasteiger charge is -2.20. The van der Waals surface area contributed by atoms with E-state index in [4.69, 9.17) is 0 Å². The molecular weight excluding hydrogens is 352 g/mol. The van der Waals surface area contributed by atoms with Crippen LogP contribution in [0.3, 0.4) is 0 Å². The SMILES string of the molecule is CC(C)(C)NS(=O)(=O)c1cccc(NC(=O)[C@H]2CCS(=O)(=O)C2)c1. The lowest BCUT2D eigenvalue weighted by molar-refractivity contribution is -0.119. The molecule has 0 radical (unpaired) electrons. The van der Waals surface area contributed by atoms with Crippen molar-refractivity contribution < 1.29 is 21.6 Å². The molecule has 2 rings (SSSR count). The van der Waals surface area contributed by atoms with Crippen LogP contribution >= 0.6 is 0 Å². The van der Waals surface area contributed by atoms with Gasteiger partial charge in [-0.2, -0.15) is 0 Å². The Morgan fingerprint density at radius 2 is 1.92 bits per heavy atom. The zero-order valence-corrected chi connectivity index (χ0v) is 15.5. The van der Waals surface area contributed by atoms with Crippen LogP contribution in [0, 0.1) is 5.92 Å². The van der Waals surface area contributed by atoms with Crippen LogP contribution in [0.25, 0.3) is 0 Å². The summed E-state index contributed by atoms with van der Waals surface area (Å²) in [5.74, 6) is -1.16. The van der Waals surface area contributed by atoms with Crippen molar-refractivity contribution in [1.82, 2.24) is 4.72 Å². The van der Waals surface area contributed by atoms with E-state index >= 15 is 0 Å². The highest BCUT2D eigenvalue weighted by Crippen LogP contribution is 2.22. The van der Waals surface area contributed by atoms with Crippen molar-refractivity contribution in [3.8, 4) is 0 Å². The van der Waals surface area contributed by atoms with Gasteiger partial charge in [0.05, 0.1) is 22.3 Å². The second-order valence-corrected chi connectivity index (χ2v) is 10.9. The molecule has 0 saturated carbocycles. The van der Waals surface area contributed by atoms with Crippen LogP contribution in [0.2, 0.25) is 0 Å². The Morgan fingerprint density at radius 1 is 1.25 bits per heavy atom. The molecule has 134 valence electrons. The molecule has 1 heterocycles. The van der Waals surface area contributed by atoms with Crippen LogP contribution in [0.15, 0.2) is 29.2 Å². The summed E-state index contributed by atoms with van der Waals surface area (Å²) in [6.07, 6.45) is 0.289. The zero-order valence-electron chi connectivity index (χ0n) is 13.9. The standard InChI is InChI=1S/C15H22N2O5S2/c1-15(2,3)17-24(21,22)13-6-4-5-12(9-13)16-14(18)11-7-8-23(19,20)10-11/h4-6,9,11,17H,7-8,10H2,1-3H3,(H,16,18)/t11-/m0/s1. The Balaban J connectivity index is 2.15. The number of nitrogens with one attached hydrogen (secondary N) is 2. The number of anilines is 1. The third-order valence-corrected chi connectivity index (χ3v) is 6.98. The number of carbonyl (C=O) groups is 1. The number of carbonyl (C=O) groups excluding carboxylic acids is 1. The second-order valence-electron chi connectivity index (χ2n) is 6.97. The van der Waals surface area contributed by atoms with Gasteiger partial charge >= 0.3 is 0 Å². The van der Waals surface area contributed by atoms with Crippen LogP contribution in [0.1, 0.15) is 27.2 Å². The highest BCUT2D eigenvalue weighted by Gasteiger charge is 2.33. The Bertz CT molecular complexity index is 839. The summed E-state index contributed by atoms with van der Waals surface area (Å²) in [4.78, 5) is 12.2. The minimum Gasteiger partial charge on any atom is -0.326 e. The van der Waals surface area contributed by atoms with Crippen molar-refractivity contribution in [1.29, 1.82) is 0 Å². The molecule has 1 amide bonds. The maximum absolute atomic E-state index is 12.3. The van der Waals surface area contributed by atoms with Crippen molar-refractivity contribution in [2.75, 3.05) is 16.8 Å². The van der Waals surface area contributed by atoms with Crippen LogP contribution < -0.4 is 10.0 Å². The molecule has 1 aliphatic rings. The third-order valence-electron chi connectivity index (χ3n) is 3.46. The fraction of sp³-hybridized carbons (Fsp3) is 0.533. The molecule has 2 N–H and O–H groups in total. The van der Waals surface area contributed by atoms with Gasteiger partial charge < -0.3 is 5.32 Å². The minimum atomic E-state index is -3.71. The Kier molecular flexibility index (Phi) is 5.08. The molecule has 1 aliphatic heterocycles. The van der Waals surface area contributed by atoms with Crippen LogP contribution in [-0.4, -0.2) is 39.8 Å². The average Bonchev–Trinajstić information content (AvgIpc) is 2.77. The lowest BCUT2D eigenvalue weighted by Crippen LogP contribution is -2.40. The van der Waals surface area contributed by atoms with Gasteiger partial charge in [0.25, 0.3) is 0 Å². The first kappa shape index (κ1) is 18.9. The molecular formula is C15H22N2O5S2. The maximum Gasteiger partial charge on any atom is 0.241 e. The van der Waals surface area contributed by atoms with E-state index in [1.165, 1.54) is 18.2 Å². The number of hydrogen-bond acceptors (Lipinski definition) is 5. The Hall–Kier alpha value is -1.45. The second kappa shape index (κ2) is 6.45. The van der Waals surface area contributed by atoms with Crippen molar-refractivity contribution in [2.45, 2.75) is 37.6 Å². The minimum absolute atomic E-state index is 0.00894. The largest absolute Gasteiger partial charge is 0.326 e. The van der Waals surface area contributed by atoms with E-state index in [2.05, 4.69) is 10.0 Å². The number of sulfonamides is 1. The summed E-state index contributed by atoms with van der Waals surface area (Å²) in [5.41, 5.74) is -0.308. The number of rotatable bonds is 4. The molecule has 0 bridgehead atoms. The highest BCUT2D eigenvalue weighted by molar-refractivity contribution is 7.91. The summed E-state index contributed by atoms with van der Waals surface area (Å²) < 4.78 is 50.1. The molecule has 0 spiro atoms. The summed E-state index contributed by atoms with van der Waals surface area (Å²) in [5, 5.41) is 2.60. The summed E-state index contributed by atoms with van der Waals surface area (Å²) in [6, 6.07) is 5.88. The summed E-state index contributed by atoms with van der Waals surface area (Å²) in [6.45, 7) is 5.20. The van der Waals surface area contributed by atoms with E-state index in [9.17, 15) is 21.6 Å². The number of sulfone groups is 1. The average molecular weight is 374 g/mol. The molecule has 24 heavy (non-hydrogen) atoms. The molecule has 0 aromatic heterocycles. The van der Waals surface area contributed by atoms with Gasteiger partial charge in [0.15, 0.2) is 9.84 Å². The van der Waals surface area contributed by atoms with Gasteiger partial charge in [-0.1, -0.05) is 6.07 Å². The van der Waals surface area contributed by atoms with E-state index in [1.54, 1.807) is 26.8 Å². The first-order valence-corrected chi connectivity index (χ1v) is 10.8. The van der Waals surface area contributed by atoms with Crippen LogP contribution in [0.4, 0.5) is 5.69 Å². The van der Waals surface area contributed by atoms with Crippen molar-refractivity contribution in [2.24, 2.45) is 5.92 Å². The van der Waals surface area contributed by atoms with Crippen LogP contribution in [-0.2, 0) is 24.7 Å². The van der Waals surface area contributed by atoms with Gasteiger partial charge in [0.1, 0.15) is 0 Å². The third kappa shape index (κ3) is 5.02. The number of benzene rings is 1. The monoisotopic (exact) mass is 374 g/mol. The lowest BCUT2D eigenvalue weighted by atomic mass is 10.1. The van der Waals surface area contributed by atoms with Crippen molar-refractivity contribution >= 4 is 31.5 Å². The van der Waals surface area contributed by atoms with E-state index in [0.717, 1.165) is 0 Å². The van der Waals surface area contributed by atoms with E-state index < -0.39 is 37.2 Å². The predicted octanol–water partition coefficient (Wildman–Crippen LogP) is 1.14. The highest BCUT2D eigenvalue weighted by atomic mass is 32.2. The number of amides is 1. The zero-order chi connectivity index (χ0) is 18.2. The number of hydrogen-bond donors (Lipinski definition) is 2. The van der Waals surface area contributed by atoms with Gasteiger partial charge in [-0.15, -0.1) is 0 Å². The quantitative estimate of drug-likeness (QED) is 0.821. The molecule has 0 aliphatic carbocycles. The van der Waals surface area contributed by atoms with Gasteiger partial charge in [-0.3, -0.25) is 4.79 Å². The summed E-state index contributed by atoms with van der Waals surface area (Å²) in [7, 11) is -6.86. The Labute approximate surface area is 142 Å². The topological polar surface area (TPSA) is 109 Å². The fourth-order valence-electron chi connectivity index (χ4n) is 2.45. The van der Waals surface area contributed by atoms with E-state index in [-0.39, 0.29) is 22.8 Å². The normalized spacial score (nSPS) is 20.7. The van der Waals surface area contributed by atoms with Gasteiger partial charge in [0, 0.05) is 11.2 Å². The van der Waals surface area contributed by atoms with E-state index in [1.807, 2.05) is 0 Å². The molecule has 1 aromatic carbocycles. The molecule has 1 fully saturated rings. The van der Waals surface area contributed by atoms with Crippen molar-refractivity contribution in [3.63, 3.8) is 0 Å². The molecule has 9 heteroatoms. The molecule has 1 saturated heterocycles. The smallest absolute Gasteiger partial charge is 0.241 e. The first-order chi connectivity index (χ1) is 10.9. The van der Waals surface area contributed by atoms with Gasteiger partial charge in [-0.05, 0) is 45.4 Å². The fourth-order valence-corrected chi connectivity index (χ4v) is 5.65. The molecule has 0 unspecified atom stereocenters. The first-order valence-electron chi connectivity index (χ1n) is 7.53. The van der Waals surface area contributed by atoms with Crippen molar-refractivity contribution in [3.05, 3.63) is 24.3 Å².